The summed E-state index contributed by atoms with van der Waals surface area (Å²) in [5.41, 5.74) is 1.43. The molecular formula is C22H28N4O4S2. The summed E-state index contributed by atoms with van der Waals surface area (Å²) in [6.45, 7) is 4.16. The van der Waals surface area contributed by atoms with E-state index in [1.165, 1.54) is 0 Å². The number of hydrogen-bond donors (Lipinski definition) is 1. The maximum atomic E-state index is 13.2. The molecule has 0 aliphatic carbocycles. The van der Waals surface area contributed by atoms with Gasteiger partial charge in [0.1, 0.15) is 5.76 Å². The van der Waals surface area contributed by atoms with E-state index in [1.807, 2.05) is 42.2 Å². The van der Waals surface area contributed by atoms with Gasteiger partial charge in [-0.15, -0.1) is 0 Å². The molecule has 0 unspecified atom stereocenters. The molecule has 1 aromatic carbocycles. The van der Waals surface area contributed by atoms with Gasteiger partial charge in [-0.2, -0.15) is 0 Å². The van der Waals surface area contributed by atoms with Crippen LogP contribution >= 0.6 is 12.2 Å². The smallest absolute Gasteiger partial charge is 0.228 e. The van der Waals surface area contributed by atoms with Crippen molar-refractivity contribution >= 4 is 27.2 Å². The van der Waals surface area contributed by atoms with E-state index < -0.39 is 9.84 Å². The van der Waals surface area contributed by atoms with Crippen molar-refractivity contribution in [1.82, 2.24) is 19.8 Å². The molecule has 0 aliphatic heterocycles. The van der Waals surface area contributed by atoms with Crippen molar-refractivity contribution in [3.05, 3.63) is 71.9 Å². The zero-order chi connectivity index (χ0) is 23.0. The molecule has 3 aromatic rings. The number of aromatic nitrogens is 2. The Balaban J connectivity index is 1.91. The molecule has 0 amide bonds. The highest BCUT2D eigenvalue weighted by Crippen LogP contribution is 2.20. The van der Waals surface area contributed by atoms with Crippen LogP contribution < -0.4 is 5.32 Å². The fourth-order valence-corrected chi connectivity index (χ4v) is 5.09. The van der Waals surface area contributed by atoms with E-state index in [1.54, 1.807) is 36.3 Å². The van der Waals surface area contributed by atoms with E-state index in [9.17, 15) is 8.42 Å². The first-order valence-electron chi connectivity index (χ1n) is 10.3. The third-order valence-corrected chi connectivity index (χ3v) is 6.79. The number of rotatable bonds is 11. The second kappa shape index (κ2) is 11.3. The Labute approximate surface area is 194 Å². The van der Waals surface area contributed by atoms with Gasteiger partial charge in [-0.25, -0.2) is 13.4 Å². The lowest BCUT2D eigenvalue weighted by molar-refractivity contribution is 0.182. The molecule has 8 nitrogen and oxygen atoms in total. The SMILES string of the molecule is CCNC(=S)N(Cc1ccco1)Cc1cnc(S(=O)(=O)Cc2ccccc2)n1CCOC. The van der Waals surface area contributed by atoms with E-state index in [4.69, 9.17) is 21.4 Å². The molecule has 0 aliphatic rings. The van der Waals surface area contributed by atoms with E-state index in [2.05, 4.69) is 10.3 Å². The molecule has 0 saturated carbocycles. The monoisotopic (exact) mass is 476 g/mol. The van der Waals surface area contributed by atoms with Gasteiger partial charge in [0.2, 0.25) is 15.0 Å². The number of methoxy groups -OCH3 is 1. The molecule has 0 saturated heterocycles. The average Bonchev–Trinajstić information content (AvgIpc) is 3.42. The summed E-state index contributed by atoms with van der Waals surface area (Å²) < 4.78 is 38.8. The van der Waals surface area contributed by atoms with Crippen LogP contribution in [0.1, 0.15) is 23.9 Å². The lowest BCUT2D eigenvalue weighted by Crippen LogP contribution is -2.39. The molecule has 0 radical (unpaired) electrons. The van der Waals surface area contributed by atoms with Crippen molar-refractivity contribution in [1.29, 1.82) is 0 Å². The largest absolute Gasteiger partial charge is 0.467 e. The molecule has 10 heteroatoms. The minimum absolute atomic E-state index is 0.0284. The number of ether oxygens (including phenoxy) is 1. The summed E-state index contributed by atoms with van der Waals surface area (Å²) in [7, 11) is -2.08. The number of nitrogens with zero attached hydrogens (tertiary/aromatic N) is 3. The quantitative estimate of drug-likeness (QED) is 0.423. The zero-order valence-corrected chi connectivity index (χ0v) is 19.9. The lowest BCUT2D eigenvalue weighted by atomic mass is 10.2. The Hall–Kier alpha value is -2.69. The summed E-state index contributed by atoms with van der Waals surface area (Å²) in [6.07, 6.45) is 3.21. The second-order valence-electron chi connectivity index (χ2n) is 7.19. The van der Waals surface area contributed by atoms with Gasteiger partial charge < -0.3 is 23.9 Å². The van der Waals surface area contributed by atoms with Crippen LogP contribution in [0.25, 0.3) is 0 Å². The molecule has 2 heterocycles. The maximum Gasteiger partial charge on any atom is 0.228 e. The lowest BCUT2D eigenvalue weighted by Gasteiger charge is -2.25. The maximum absolute atomic E-state index is 13.2. The highest BCUT2D eigenvalue weighted by atomic mass is 32.2. The molecule has 0 spiro atoms. The fraction of sp³-hybridized carbons (Fsp3) is 0.364. The first kappa shape index (κ1) is 24.0. The van der Waals surface area contributed by atoms with Gasteiger partial charge in [-0.1, -0.05) is 30.3 Å². The summed E-state index contributed by atoms with van der Waals surface area (Å²) in [6, 6.07) is 12.8. The molecule has 2 aromatic heterocycles. The van der Waals surface area contributed by atoms with Gasteiger partial charge in [-0.05, 0) is 36.8 Å². The van der Waals surface area contributed by atoms with Gasteiger partial charge in [0, 0.05) is 20.2 Å². The van der Waals surface area contributed by atoms with Crippen LogP contribution in [0.2, 0.25) is 0 Å². The third-order valence-electron chi connectivity index (χ3n) is 4.79. The van der Waals surface area contributed by atoms with Crippen molar-refractivity contribution < 1.29 is 17.6 Å². The van der Waals surface area contributed by atoms with Crippen molar-refractivity contribution in [3.63, 3.8) is 0 Å². The second-order valence-corrected chi connectivity index (χ2v) is 9.46. The van der Waals surface area contributed by atoms with Crippen LogP contribution in [0.3, 0.4) is 0 Å². The van der Waals surface area contributed by atoms with E-state index in [0.29, 0.717) is 43.5 Å². The van der Waals surface area contributed by atoms with Crippen LogP contribution in [0.15, 0.2) is 64.5 Å². The standard InChI is InChI=1S/C22H28N4O4S2/c1-3-23-21(31)25(16-20-10-7-12-30-20)15-19-14-24-22(26(19)11-13-29-2)32(27,28)17-18-8-5-4-6-9-18/h4-10,12,14H,3,11,13,15-17H2,1-2H3,(H,23,31). The number of benzene rings is 1. The van der Waals surface area contributed by atoms with Gasteiger partial charge in [0.15, 0.2) is 5.11 Å². The third kappa shape index (κ3) is 6.18. The van der Waals surface area contributed by atoms with E-state index in [0.717, 1.165) is 11.5 Å². The summed E-state index contributed by atoms with van der Waals surface area (Å²) in [5, 5.41) is 3.74. The number of sulfone groups is 1. The van der Waals surface area contributed by atoms with Crippen molar-refractivity contribution in [2.75, 3.05) is 20.3 Å². The highest BCUT2D eigenvalue weighted by Gasteiger charge is 2.25. The fourth-order valence-electron chi connectivity index (χ4n) is 3.30. The topological polar surface area (TPSA) is 89.6 Å². The molecular weight excluding hydrogens is 448 g/mol. The van der Waals surface area contributed by atoms with Gasteiger partial charge in [-0.3, -0.25) is 0 Å². The van der Waals surface area contributed by atoms with Crippen LogP contribution in [-0.4, -0.2) is 48.2 Å². The first-order chi connectivity index (χ1) is 15.4. The normalized spacial score (nSPS) is 11.4. The Kier molecular flexibility index (Phi) is 8.43. The number of nitrogens with one attached hydrogen (secondary N) is 1. The van der Waals surface area contributed by atoms with Gasteiger partial charge >= 0.3 is 0 Å². The van der Waals surface area contributed by atoms with Crippen LogP contribution in [0.4, 0.5) is 0 Å². The van der Waals surface area contributed by atoms with Crippen molar-refractivity contribution in [3.8, 4) is 0 Å². The molecule has 0 bridgehead atoms. The zero-order valence-electron chi connectivity index (χ0n) is 18.2. The Morgan fingerprint density at radius 3 is 2.66 bits per heavy atom. The predicted octanol–water partition coefficient (Wildman–Crippen LogP) is 2.99. The Morgan fingerprint density at radius 2 is 2.00 bits per heavy atom. The van der Waals surface area contributed by atoms with Gasteiger partial charge in [0.05, 0.1) is 43.6 Å². The van der Waals surface area contributed by atoms with Crippen molar-refractivity contribution in [2.45, 2.75) is 37.5 Å². The number of imidazole rings is 1. The first-order valence-corrected chi connectivity index (χ1v) is 12.4. The molecule has 3 rings (SSSR count). The van der Waals surface area contributed by atoms with E-state index in [-0.39, 0.29) is 10.9 Å². The minimum atomic E-state index is -3.66. The van der Waals surface area contributed by atoms with E-state index >= 15 is 0 Å². The molecule has 0 atom stereocenters. The molecule has 1 N–H and O–H groups in total. The minimum Gasteiger partial charge on any atom is -0.467 e. The summed E-state index contributed by atoms with van der Waals surface area (Å²) in [4.78, 5) is 6.22. The number of furan rings is 1. The predicted molar refractivity (Wildman–Crippen MR) is 126 cm³/mol. The molecule has 0 fully saturated rings. The van der Waals surface area contributed by atoms with Crippen LogP contribution in [0.5, 0.6) is 0 Å². The number of thiocarbonyl (C=S) groups is 1. The Morgan fingerprint density at radius 1 is 1.22 bits per heavy atom. The number of hydrogen-bond acceptors (Lipinski definition) is 6. The summed E-state index contributed by atoms with van der Waals surface area (Å²) in [5.74, 6) is 0.633. The highest BCUT2D eigenvalue weighted by molar-refractivity contribution is 7.90. The van der Waals surface area contributed by atoms with Crippen molar-refractivity contribution in [2.24, 2.45) is 0 Å². The molecule has 32 heavy (non-hydrogen) atoms. The average molecular weight is 477 g/mol. The summed E-state index contributed by atoms with van der Waals surface area (Å²) >= 11 is 5.55. The van der Waals surface area contributed by atoms with Crippen LogP contribution in [0, 0.1) is 0 Å². The Bertz CT molecular complexity index is 1100. The van der Waals surface area contributed by atoms with Crippen LogP contribution in [-0.2, 0) is 40.0 Å². The molecule has 172 valence electrons. The van der Waals surface area contributed by atoms with Gasteiger partial charge in [0.25, 0.3) is 0 Å².